The first-order valence-electron chi connectivity index (χ1n) is 14.8. The molecule has 0 aromatic heterocycles. The largest absolute Gasteiger partial charge is 1.00 e. The van der Waals surface area contributed by atoms with E-state index in [1.54, 1.807) is 20.0 Å². The summed E-state index contributed by atoms with van der Waals surface area (Å²) >= 11 is -0.611. The van der Waals surface area contributed by atoms with Gasteiger partial charge in [0.25, 0.3) is 0 Å². The van der Waals surface area contributed by atoms with Crippen molar-refractivity contribution < 1.29 is 47.2 Å². The van der Waals surface area contributed by atoms with Crippen molar-refractivity contribution in [1.29, 1.82) is 0 Å². The first kappa shape index (κ1) is 31.2. The molecule has 2 aliphatic rings. The molecule has 0 bridgehead atoms. The third-order valence-electron chi connectivity index (χ3n) is 8.64. The average molecular weight is 683 g/mol. The molecule has 1 atom stereocenters. The van der Waals surface area contributed by atoms with Crippen LogP contribution in [0.2, 0.25) is 13.1 Å². The third-order valence-corrected chi connectivity index (χ3v) is 17.2. The van der Waals surface area contributed by atoms with E-state index in [4.69, 9.17) is 0 Å². The fourth-order valence-corrected chi connectivity index (χ4v) is 15.4. The predicted octanol–water partition coefficient (Wildman–Crippen LogP) is 3.35. The Bertz CT molecular complexity index is 1800. The average Bonchev–Trinajstić information content (AvgIpc) is 3.50. The van der Waals surface area contributed by atoms with Crippen LogP contribution in [0.4, 0.5) is 0 Å². The number of benzene rings is 5. The SMILES string of the molecule is CC(C)CC1=Cc2c(-c3cccc4ccccc34)cccc2C1c1[c]([Zr+2][SiH](C)C)ccc2c1Cc1ccccc1-2.[Cl-].[Cl-]. The minimum absolute atomic E-state index is 0. The topological polar surface area (TPSA) is 0 Å². The monoisotopic (exact) mass is 680 g/mol. The van der Waals surface area contributed by atoms with Gasteiger partial charge in [0, 0.05) is 0 Å². The van der Waals surface area contributed by atoms with Crippen LogP contribution in [0.15, 0.2) is 103 Å². The number of fused-ring (bicyclic) bond motifs is 5. The van der Waals surface area contributed by atoms with E-state index >= 15 is 0 Å². The van der Waals surface area contributed by atoms with Crippen molar-refractivity contribution in [2.45, 2.75) is 45.7 Å². The molecule has 42 heavy (non-hydrogen) atoms. The zero-order valence-electron chi connectivity index (χ0n) is 24.7. The standard InChI is InChI=1S/C36H29.C2H7Si.2ClH.Zr/c1-23(2)20-26-22-35-31(29-15-7-12-24-10-3-5-13-27(24)29)17-9-19-33(35)36(26)32-18-8-16-30-28-14-6-4-11-25(28)21-34(30)32;1-3-2;;;/h3-17,19,22-23,36H,20-21H2,1-2H3;3H,1-2H3;2*1H;/q;;;;+2/p-2. The molecule has 0 radical (unpaired) electrons. The van der Waals surface area contributed by atoms with Crippen LogP contribution < -0.4 is 28.1 Å². The Morgan fingerprint density at radius 2 is 1.43 bits per heavy atom. The first-order valence-corrected chi connectivity index (χ1v) is 23.2. The summed E-state index contributed by atoms with van der Waals surface area (Å²) in [6.07, 6.45) is 4.83. The molecule has 7 rings (SSSR count). The van der Waals surface area contributed by atoms with Crippen LogP contribution in [0.25, 0.3) is 39.1 Å². The molecule has 0 aliphatic heterocycles. The van der Waals surface area contributed by atoms with Crippen molar-refractivity contribution in [2.75, 3.05) is 0 Å². The molecule has 0 N–H and O–H groups in total. The summed E-state index contributed by atoms with van der Waals surface area (Å²) in [7, 11) is 0. The zero-order valence-corrected chi connectivity index (χ0v) is 29.8. The van der Waals surface area contributed by atoms with E-state index in [1.165, 1.54) is 49.7 Å². The Kier molecular flexibility index (Phi) is 9.51. The second-order valence-corrected chi connectivity index (χ2v) is 26.8. The smallest absolute Gasteiger partial charge is 1.00 e. The summed E-state index contributed by atoms with van der Waals surface area (Å²) in [5.41, 5.74) is 15.1. The van der Waals surface area contributed by atoms with Crippen molar-refractivity contribution in [3.8, 4) is 22.3 Å². The maximum absolute atomic E-state index is 2.60. The number of allylic oxidation sites excluding steroid dienone is 1. The van der Waals surface area contributed by atoms with Gasteiger partial charge in [-0.3, -0.25) is 0 Å². The van der Waals surface area contributed by atoms with E-state index in [0.29, 0.717) is 11.8 Å². The van der Waals surface area contributed by atoms with E-state index in [1.807, 2.05) is 0 Å². The number of halogens is 2. The van der Waals surface area contributed by atoms with E-state index < -0.39 is 28.3 Å². The van der Waals surface area contributed by atoms with Gasteiger partial charge in [0.05, 0.1) is 0 Å². The van der Waals surface area contributed by atoms with Gasteiger partial charge in [0.15, 0.2) is 0 Å². The van der Waals surface area contributed by atoms with Crippen LogP contribution in [0, 0.1) is 5.92 Å². The molecule has 0 spiro atoms. The van der Waals surface area contributed by atoms with Crippen LogP contribution >= 0.6 is 0 Å². The Morgan fingerprint density at radius 3 is 2.24 bits per heavy atom. The van der Waals surface area contributed by atoms with Crippen LogP contribution in [0.3, 0.4) is 0 Å². The van der Waals surface area contributed by atoms with Crippen LogP contribution in [-0.2, 0) is 28.8 Å². The summed E-state index contributed by atoms with van der Waals surface area (Å²) in [6, 6.07) is 36.9. The number of rotatable bonds is 6. The van der Waals surface area contributed by atoms with Gasteiger partial charge in [-0.2, -0.15) is 0 Å². The van der Waals surface area contributed by atoms with Crippen molar-refractivity contribution in [1.82, 2.24) is 0 Å². The molecule has 5 aromatic rings. The van der Waals surface area contributed by atoms with Crippen molar-refractivity contribution in [3.05, 3.63) is 130 Å². The third kappa shape index (κ3) is 5.46. The van der Waals surface area contributed by atoms with Crippen molar-refractivity contribution >= 4 is 26.0 Å². The summed E-state index contributed by atoms with van der Waals surface area (Å²) in [4.78, 5) is 0. The molecule has 4 heteroatoms. The predicted molar refractivity (Wildman–Crippen MR) is 172 cm³/mol. The maximum atomic E-state index is 2.60. The summed E-state index contributed by atoms with van der Waals surface area (Å²) in [5.74, 6) is 0.359. The van der Waals surface area contributed by atoms with Crippen LogP contribution in [-0.4, -0.2) is 5.92 Å². The molecule has 5 aromatic carbocycles. The second-order valence-electron chi connectivity index (χ2n) is 12.3. The molecule has 0 nitrogen and oxygen atoms in total. The minimum atomic E-state index is -0.642. The van der Waals surface area contributed by atoms with Gasteiger partial charge in [0.2, 0.25) is 0 Å². The molecule has 0 heterocycles. The van der Waals surface area contributed by atoms with Gasteiger partial charge >= 0.3 is 253 Å². The molecule has 0 saturated heterocycles. The summed E-state index contributed by atoms with van der Waals surface area (Å²) in [6.45, 7) is 9.92. The van der Waals surface area contributed by atoms with Crippen molar-refractivity contribution in [3.63, 3.8) is 0 Å². The van der Waals surface area contributed by atoms with Gasteiger partial charge in [-0.25, -0.2) is 0 Å². The van der Waals surface area contributed by atoms with Gasteiger partial charge in [-0.05, 0) is 0 Å². The van der Waals surface area contributed by atoms with Crippen LogP contribution in [0.5, 0.6) is 0 Å². The van der Waals surface area contributed by atoms with E-state index in [9.17, 15) is 0 Å². The molecule has 0 saturated carbocycles. The maximum Gasteiger partial charge on any atom is -1.00 e. The Labute approximate surface area is 275 Å². The first-order chi connectivity index (χ1) is 19.5. The molecule has 0 amide bonds. The molecule has 2 aliphatic carbocycles. The van der Waals surface area contributed by atoms with Crippen LogP contribution in [0.1, 0.15) is 54.0 Å². The van der Waals surface area contributed by atoms with Crippen molar-refractivity contribution in [2.24, 2.45) is 5.92 Å². The second kappa shape index (κ2) is 12.8. The number of hydrogen-bond acceptors (Lipinski definition) is 0. The molecular weight excluding hydrogens is 647 g/mol. The summed E-state index contributed by atoms with van der Waals surface area (Å²) < 4.78 is 1.76. The fourth-order valence-electron chi connectivity index (χ4n) is 7.15. The van der Waals surface area contributed by atoms with E-state index in [0.717, 1.165) is 12.8 Å². The normalized spacial score (nSPS) is 14.5. The Balaban J connectivity index is 0.00000176. The van der Waals surface area contributed by atoms with Gasteiger partial charge in [-0.15, -0.1) is 0 Å². The van der Waals surface area contributed by atoms with Gasteiger partial charge < -0.3 is 24.8 Å². The quantitative estimate of drug-likeness (QED) is 0.237. The molecular formula is C38H36Cl2SiZr. The summed E-state index contributed by atoms with van der Waals surface area (Å²) in [5, 5.41) is 2.66. The molecule has 210 valence electrons. The van der Waals surface area contributed by atoms with Gasteiger partial charge in [0.1, 0.15) is 0 Å². The minimum Gasteiger partial charge on any atom is -1.00 e. The Hall–Kier alpha value is -2.22. The molecule has 0 fully saturated rings. The number of hydrogen-bond donors (Lipinski definition) is 0. The van der Waals surface area contributed by atoms with E-state index in [2.05, 4.69) is 130 Å². The fraction of sp³-hybridized carbons (Fsp3) is 0.211. The zero-order chi connectivity index (χ0) is 27.4. The van der Waals surface area contributed by atoms with Gasteiger partial charge in [-0.1, -0.05) is 0 Å². The molecule has 1 unspecified atom stereocenters. The Morgan fingerprint density at radius 1 is 0.738 bits per heavy atom. The van der Waals surface area contributed by atoms with E-state index in [-0.39, 0.29) is 24.8 Å².